The Kier molecular flexibility index (Phi) is 4.32. The molecule has 0 bridgehead atoms. The van der Waals surface area contributed by atoms with Gasteiger partial charge in [0.1, 0.15) is 0 Å². The summed E-state index contributed by atoms with van der Waals surface area (Å²) in [4.78, 5) is 14.4. The number of hydrogen-bond acceptors (Lipinski definition) is 5. The molecule has 4 heterocycles. The van der Waals surface area contributed by atoms with Crippen LogP contribution in [0, 0.1) is 0 Å². The lowest BCUT2D eigenvalue weighted by Crippen LogP contribution is -2.30. The van der Waals surface area contributed by atoms with Crippen molar-refractivity contribution in [3.05, 3.63) is 83.2 Å². The molecular formula is C22H19N3OS. The van der Waals surface area contributed by atoms with Gasteiger partial charge in [0.05, 0.1) is 12.0 Å². The van der Waals surface area contributed by atoms with Crippen molar-refractivity contribution in [2.75, 3.05) is 6.54 Å². The van der Waals surface area contributed by atoms with Gasteiger partial charge in [0, 0.05) is 47.6 Å². The van der Waals surface area contributed by atoms with E-state index in [9.17, 15) is 0 Å². The highest BCUT2D eigenvalue weighted by Crippen LogP contribution is 2.30. The van der Waals surface area contributed by atoms with E-state index < -0.39 is 0 Å². The molecule has 0 amide bonds. The first kappa shape index (κ1) is 16.4. The fourth-order valence-corrected chi connectivity index (χ4v) is 4.53. The van der Waals surface area contributed by atoms with Crippen LogP contribution in [0.15, 0.2) is 71.5 Å². The average Bonchev–Trinajstić information content (AvgIpc) is 3.41. The summed E-state index contributed by atoms with van der Waals surface area (Å²) in [5, 5.41) is 0. The number of benzene rings is 1. The minimum atomic E-state index is 0.679. The maximum Gasteiger partial charge on any atom is 0.195 e. The lowest BCUT2D eigenvalue weighted by Gasteiger charge is -2.27. The summed E-state index contributed by atoms with van der Waals surface area (Å²) in [6, 6.07) is 18.8. The van der Waals surface area contributed by atoms with Crippen LogP contribution in [-0.4, -0.2) is 21.4 Å². The minimum absolute atomic E-state index is 0.679. The van der Waals surface area contributed by atoms with E-state index >= 15 is 0 Å². The summed E-state index contributed by atoms with van der Waals surface area (Å²) in [6.45, 7) is 2.88. The molecule has 1 aromatic carbocycles. The Balaban J connectivity index is 1.30. The molecule has 0 atom stereocenters. The van der Waals surface area contributed by atoms with Crippen LogP contribution in [-0.2, 0) is 19.5 Å². The van der Waals surface area contributed by atoms with Crippen molar-refractivity contribution in [3.63, 3.8) is 0 Å². The lowest BCUT2D eigenvalue weighted by molar-refractivity contribution is 0.245. The van der Waals surface area contributed by atoms with Crippen LogP contribution in [0.3, 0.4) is 0 Å². The minimum Gasteiger partial charge on any atom is -0.461 e. The number of nitrogens with zero attached hydrogens (tertiary/aromatic N) is 3. The third-order valence-corrected chi connectivity index (χ3v) is 5.97. The SMILES string of the molecule is c1ccc(-c2ccc(CN3CCc4nc(-c5ccco5)ncc4C3)s2)cc1. The standard InChI is InChI=1S/C22H19N3OS/c1-2-5-16(6-3-1)21-9-8-18(27-21)15-25-11-10-19-17(14-25)13-23-22(24-19)20-7-4-12-26-20/h1-9,12-13H,10-11,14-15H2. The molecular weight excluding hydrogens is 354 g/mol. The smallest absolute Gasteiger partial charge is 0.195 e. The fourth-order valence-electron chi connectivity index (χ4n) is 3.47. The predicted octanol–water partition coefficient (Wildman–Crippen LogP) is 5.02. The molecule has 27 heavy (non-hydrogen) atoms. The van der Waals surface area contributed by atoms with Crippen LogP contribution in [0.25, 0.3) is 22.0 Å². The first-order valence-corrected chi connectivity index (χ1v) is 9.92. The van der Waals surface area contributed by atoms with Gasteiger partial charge in [-0.05, 0) is 29.8 Å². The highest BCUT2D eigenvalue weighted by molar-refractivity contribution is 7.15. The summed E-state index contributed by atoms with van der Waals surface area (Å²) in [5.74, 6) is 1.41. The molecule has 1 aliphatic heterocycles. The van der Waals surface area contributed by atoms with Crippen LogP contribution >= 0.6 is 11.3 Å². The molecule has 1 aliphatic rings. The van der Waals surface area contributed by atoms with Gasteiger partial charge >= 0.3 is 0 Å². The van der Waals surface area contributed by atoms with E-state index in [4.69, 9.17) is 9.40 Å². The molecule has 0 spiro atoms. The molecule has 0 fully saturated rings. The number of thiophene rings is 1. The van der Waals surface area contributed by atoms with Crippen molar-refractivity contribution < 1.29 is 4.42 Å². The zero-order valence-corrected chi connectivity index (χ0v) is 15.7. The summed E-state index contributed by atoms with van der Waals surface area (Å²) < 4.78 is 5.42. The first-order chi connectivity index (χ1) is 13.3. The summed E-state index contributed by atoms with van der Waals surface area (Å²) in [5.41, 5.74) is 3.65. The van der Waals surface area contributed by atoms with Gasteiger partial charge < -0.3 is 4.42 Å². The second-order valence-corrected chi connectivity index (χ2v) is 7.90. The Morgan fingerprint density at radius 2 is 1.96 bits per heavy atom. The Bertz CT molecular complexity index is 1040. The van der Waals surface area contributed by atoms with Crippen molar-refractivity contribution in [2.24, 2.45) is 0 Å². The van der Waals surface area contributed by atoms with Crippen molar-refractivity contribution >= 4 is 11.3 Å². The van der Waals surface area contributed by atoms with Crippen molar-refractivity contribution in [3.8, 4) is 22.0 Å². The maximum absolute atomic E-state index is 5.42. The first-order valence-electron chi connectivity index (χ1n) is 9.10. The number of furan rings is 1. The zero-order valence-electron chi connectivity index (χ0n) is 14.8. The molecule has 4 nitrogen and oxygen atoms in total. The van der Waals surface area contributed by atoms with Gasteiger partial charge in [-0.25, -0.2) is 9.97 Å². The topological polar surface area (TPSA) is 42.2 Å². The number of fused-ring (bicyclic) bond motifs is 1. The van der Waals surface area contributed by atoms with Crippen LogP contribution in [0.2, 0.25) is 0 Å². The third-order valence-electron chi connectivity index (χ3n) is 4.85. The Hall–Kier alpha value is -2.76. The average molecular weight is 373 g/mol. The van der Waals surface area contributed by atoms with Crippen LogP contribution in [0.5, 0.6) is 0 Å². The number of rotatable bonds is 4. The van der Waals surface area contributed by atoms with Crippen molar-refractivity contribution in [1.82, 2.24) is 14.9 Å². The largest absolute Gasteiger partial charge is 0.461 e. The fraction of sp³-hybridized carbons (Fsp3) is 0.182. The van der Waals surface area contributed by atoms with Gasteiger partial charge in [-0.2, -0.15) is 0 Å². The van der Waals surface area contributed by atoms with Gasteiger partial charge in [-0.3, -0.25) is 4.90 Å². The van der Waals surface area contributed by atoms with Gasteiger partial charge in [-0.1, -0.05) is 30.3 Å². The van der Waals surface area contributed by atoms with E-state index in [1.54, 1.807) is 6.26 Å². The maximum atomic E-state index is 5.42. The summed E-state index contributed by atoms with van der Waals surface area (Å²) in [7, 11) is 0. The highest BCUT2D eigenvalue weighted by Gasteiger charge is 2.20. The molecule has 134 valence electrons. The molecule has 3 aromatic heterocycles. The Morgan fingerprint density at radius 3 is 2.81 bits per heavy atom. The normalized spacial score (nSPS) is 14.2. The monoisotopic (exact) mass is 373 g/mol. The molecule has 0 radical (unpaired) electrons. The molecule has 4 aromatic rings. The van der Waals surface area contributed by atoms with Crippen LogP contribution in [0.4, 0.5) is 0 Å². The second kappa shape index (κ2) is 7.10. The Morgan fingerprint density at radius 1 is 1.04 bits per heavy atom. The quantitative estimate of drug-likeness (QED) is 0.503. The third kappa shape index (κ3) is 3.44. The van der Waals surface area contributed by atoms with E-state index in [0.717, 1.165) is 37.5 Å². The van der Waals surface area contributed by atoms with E-state index in [0.29, 0.717) is 5.82 Å². The van der Waals surface area contributed by atoms with Crippen LogP contribution < -0.4 is 0 Å². The van der Waals surface area contributed by atoms with Crippen molar-refractivity contribution in [1.29, 1.82) is 0 Å². The molecule has 0 aliphatic carbocycles. The van der Waals surface area contributed by atoms with Gasteiger partial charge in [0.2, 0.25) is 0 Å². The second-order valence-electron chi connectivity index (χ2n) is 6.74. The molecule has 0 saturated heterocycles. The Labute approximate surface area is 162 Å². The summed E-state index contributed by atoms with van der Waals surface area (Å²) >= 11 is 1.88. The number of aromatic nitrogens is 2. The van der Waals surface area contributed by atoms with Gasteiger partial charge in [0.15, 0.2) is 11.6 Å². The summed E-state index contributed by atoms with van der Waals surface area (Å²) in [6.07, 6.45) is 4.56. The molecule has 5 heteroatoms. The van der Waals surface area contributed by atoms with E-state index in [1.165, 1.54) is 20.9 Å². The predicted molar refractivity (Wildman–Crippen MR) is 107 cm³/mol. The van der Waals surface area contributed by atoms with E-state index in [2.05, 4.69) is 52.3 Å². The lowest BCUT2D eigenvalue weighted by atomic mass is 10.1. The van der Waals surface area contributed by atoms with E-state index in [1.807, 2.05) is 29.7 Å². The number of hydrogen-bond donors (Lipinski definition) is 0. The zero-order chi connectivity index (χ0) is 18.1. The molecule has 0 unspecified atom stereocenters. The van der Waals surface area contributed by atoms with Gasteiger partial charge in [0.25, 0.3) is 0 Å². The molecule has 0 saturated carbocycles. The molecule has 5 rings (SSSR count). The van der Waals surface area contributed by atoms with Crippen LogP contribution in [0.1, 0.15) is 16.1 Å². The van der Waals surface area contributed by atoms with Crippen molar-refractivity contribution in [2.45, 2.75) is 19.5 Å². The highest BCUT2D eigenvalue weighted by atomic mass is 32.1. The van der Waals surface area contributed by atoms with Gasteiger partial charge in [-0.15, -0.1) is 11.3 Å². The van der Waals surface area contributed by atoms with E-state index in [-0.39, 0.29) is 0 Å². The molecule has 0 N–H and O–H groups in total.